The SMILES string of the molecule is COc1cc2c(cc1N)c(C)nn2C. The first kappa shape index (κ1) is 8.87. The van der Waals surface area contributed by atoms with Gasteiger partial charge in [0.25, 0.3) is 0 Å². The van der Waals surface area contributed by atoms with Crippen molar-refractivity contribution in [2.75, 3.05) is 12.8 Å². The van der Waals surface area contributed by atoms with Crippen molar-refractivity contribution in [2.24, 2.45) is 7.05 Å². The van der Waals surface area contributed by atoms with E-state index in [0.717, 1.165) is 16.6 Å². The summed E-state index contributed by atoms with van der Waals surface area (Å²) in [4.78, 5) is 0. The van der Waals surface area contributed by atoms with Crippen molar-refractivity contribution in [3.05, 3.63) is 17.8 Å². The highest BCUT2D eigenvalue weighted by Gasteiger charge is 2.08. The van der Waals surface area contributed by atoms with Crippen LogP contribution in [0, 0.1) is 6.92 Å². The predicted octanol–water partition coefficient (Wildman–Crippen LogP) is 1.47. The van der Waals surface area contributed by atoms with Crippen LogP contribution >= 0.6 is 0 Å². The number of aryl methyl sites for hydroxylation is 2. The normalized spacial score (nSPS) is 10.8. The van der Waals surface area contributed by atoms with E-state index in [1.165, 1.54) is 0 Å². The molecule has 0 bridgehead atoms. The lowest BCUT2D eigenvalue weighted by molar-refractivity contribution is 0.417. The average Bonchev–Trinajstić information content (AvgIpc) is 2.41. The average molecular weight is 191 g/mol. The molecule has 4 nitrogen and oxygen atoms in total. The first-order valence-electron chi connectivity index (χ1n) is 4.40. The molecule has 0 aliphatic rings. The van der Waals surface area contributed by atoms with E-state index in [-0.39, 0.29) is 0 Å². The fraction of sp³-hybridized carbons (Fsp3) is 0.300. The van der Waals surface area contributed by atoms with Crippen LogP contribution in [0.15, 0.2) is 12.1 Å². The third kappa shape index (κ3) is 1.11. The monoisotopic (exact) mass is 191 g/mol. The number of fused-ring (bicyclic) bond motifs is 1. The van der Waals surface area contributed by atoms with Crippen LogP contribution < -0.4 is 10.5 Å². The lowest BCUT2D eigenvalue weighted by Gasteiger charge is -2.04. The van der Waals surface area contributed by atoms with Gasteiger partial charge in [-0.25, -0.2) is 0 Å². The van der Waals surface area contributed by atoms with Crippen LogP contribution in [-0.4, -0.2) is 16.9 Å². The quantitative estimate of drug-likeness (QED) is 0.694. The number of methoxy groups -OCH3 is 1. The molecule has 1 heterocycles. The molecule has 0 atom stereocenters. The molecule has 4 heteroatoms. The molecule has 2 aromatic rings. The van der Waals surface area contributed by atoms with Crippen molar-refractivity contribution in [2.45, 2.75) is 6.92 Å². The maximum absolute atomic E-state index is 5.81. The minimum atomic E-state index is 0.649. The molecule has 0 radical (unpaired) electrons. The molecule has 2 rings (SSSR count). The molecule has 0 saturated heterocycles. The van der Waals surface area contributed by atoms with E-state index in [2.05, 4.69) is 5.10 Å². The molecule has 1 aromatic carbocycles. The van der Waals surface area contributed by atoms with Crippen LogP contribution in [0.4, 0.5) is 5.69 Å². The highest BCUT2D eigenvalue weighted by Crippen LogP contribution is 2.28. The van der Waals surface area contributed by atoms with Gasteiger partial charge < -0.3 is 10.5 Å². The number of rotatable bonds is 1. The highest BCUT2D eigenvalue weighted by molar-refractivity contribution is 5.87. The molecule has 2 N–H and O–H groups in total. The molecule has 14 heavy (non-hydrogen) atoms. The zero-order valence-corrected chi connectivity index (χ0v) is 8.53. The van der Waals surface area contributed by atoms with Crippen LogP contribution in [0.3, 0.4) is 0 Å². The first-order valence-corrected chi connectivity index (χ1v) is 4.40. The number of benzene rings is 1. The van der Waals surface area contributed by atoms with Gasteiger partial charge in [-0.15, -0.1) is 0 Å². The van der Waals surface area contributed by atoms with Gasteiger partial charge in [-0.1, -0.05) is 0 Å². The van der Waals surface area contributed by atoms with Gasteiger partial charge in [-0.05, 0) is 13.0 Å². The first-order chi connectivity index (χ1) is 6.63. The lowest BCUT2D eigenvalue weighted by Crippen LogP contribution is -1.94. The van der Waals surface area contributed by atoms with Crippen molar-refractivity contribution >= 4 is 16.6 Å². The van der Waals surface area contributed by atoms with Gasteiger partial charge in [0.05, 0.1) is 24.0 Å². The highest BCUT2D eigenvalue weighted by atomic mass is 16.5. The van der Waals surface area contributed by atoms with Gasteiger partial charge in [0.2, 0.25) is 0 Å². The smallest absolute Gasteiger partial charge is 0.143 e. The number of hydrogen-bond acceptors (Lipinski definition) is 3. The summed E-state index contributed by atoms with van der Waals surface area (Å²) in [6, 6.07) is 3.81. The number of nitrogen functional groups attached to an aromatic ring is 1. The van der Waals surface area contributed by atoms with Crippen LogP contribution in [0.5, 0.6) is 5.75 Å². The van der Waals surface area contributed by atoms with E-state index >= 15 is 0 Å². The van der Waals surface area contributed by atoms with Crippen LogP contribution in [-0.2, 0) is 7.05 Å². The summed E-state index contributed by atoms with van der Waals surface area (Å²) in [5, 5.41) is 5.39. The van der Waals surface area contributed by atoms with Crippen LogP contribution in [0.2, 0.25) is 0 Å². The van der Waals surface area contributed by atoms with E-state index in [1.54, 1.807) is 7.11 Å². The Kier molecular flexibility index (Phi) is 1.84. The van der Waals surface area contributed by atoms with Gasteiger partial charge in [0, 0.05) is 18.5 Å². The molecule has 0 saturated carbocycles. The van der Waals surface area contributed by atoms with Crippen molar-refractivity contribution in [3.8, 4) is 5.75 Å². The van der Waals surface area contributed by atoms with Gasteiger partial charge in [0.15, 0.2) is 0 Å². The second-order valence-electron chi connectivity index (χ2n) is 3.32. The van der Waals surface area contributed by atoms with E-state index in [0.29, 0.717) is 11.4 Å². The number of anilines is 1. The number of aromatic nitrogens is 2. The Hall–Kier alpha value is -1.71. The number of ether oxygens (including phenoxy) is 1. The minimum Gasteiger partial charge on any atom is -0.495 e. The number of nitrogens with two attached hydrogens (primary N) is 1. The van der Waals surface area contributed by atoms with Crippen molar-refractivity contribution < 1.29 is 4.74 Å². The van der Waals surface area contributed by atoms with Crippen molar-refractivity contribution in [1.82, 2.24) is 9.78 Å². The molecule has 0 aliphatic carbocycles. The molecular formula is C10H13N3O. The van der Waals surface area contributed by atoms with Crippen molar-refractivity contribution in [1.29, 1.82) is 0 Å². The molecular weight excluding hydrogens is 178 g/mol. The molecule has 1 aromatic heterocycles. The fourth-order valence-corrected chi connectivity index (χ4v) is 1.65. The topological polar surface area (TPSA) is 53.1 Å². The second kappa shape index (κ2) is 2.90. The largest absolute Gasteiger partial charge is 0.495 e. The predicted molar refractivity (Wildman–Crippen MR) is 56.4 cm³/mol. The number of hydrogen-bond donors (Lipinski definition) is 1. The maximum atomic E-state index is 5.81. The molecule has 0 spiro atoms. The second-order valence-corrected chi connectivity index (χ2v) is 3.32. The summed E-state index contributed by atoms with van der Waals surface area (Å²) in [6.07, 6.45) is 0. The Morgan fingerprint density at radius 3 is 2.79 bits per heavy atom. The number of nitrogens with zero attached hydrogens (tertiary/aromatic N) is 2. The van der Waals surface area contributed by atoms with E-state index in [4.69, 9.17) is 10.5 Å². The molecule has 0 amide bonds. The van der Waals surface area contributed by atoms with Gasteiger partial charge in [-0.2, -0.15) is 5.10 Å². The molecule has 0 aliphatic heterocycles. The zero-order valence-electron chi connectivity index (χ0n) is 8.53. The van der Waals surface area contributed by atoms with Gasteiger partial charge in [0.1, 0.15) is 5.75 Å². The Balaban J connectivity index is 2.82. The van der Waals surface area contributed by atoms with Crippen molar-refractivity contribution in [3.63, 3.8) is 0 Å². The Morgan fingerprint density at radius 2 is 2.14 bits per heavy atom. The van der Waals surface area contributed by atoms with Crippen LogP contribution in [0.25, 0.3) is 10.9 Å². The summed E-state index contributed by atoms with van der Waals surface area (Å²) in [6.45, 7) is 1.97. The summed E-state index contributed by atoms with van der Waals surface area (Å²) in [5.41, 5.74) is 8.48. The Labute approximate surface area is 82.3 Å². The molecule has 0 fully saturated rings. The van der Waals surface area contributed by atoms with Gasteiger partial charge >= 0.3 is 0 Å². The third-order valence-electron chi connectivity index (χ3n) is 2.39. The lowest BCUT2D eigenvalue weighted by atomic mass is 10.2. The fourth-order valence-electron chi connectivity index (χ4n) is 1.65. The van der Waals surface area contributed by atoms with E-state index in [1.807, 2.05) is 30.8 Å². The van der Waals surface area contributed by atoms with Crippen LogP contribution in [0.1, 0.15) is 5.69 Å². The zero-order chi connectivity index (χ0) is 10.3. The Bertz CT molecular complexity index is 488. The minimum absolute atomic E-state index is 0.649. The third-order valence-corrected chi connectivity index (χ3v) is 2.39. The standard InChI is InChI=1S/C10H13N3O/c1-6-7-4-8(11)10(14-3)5-9(7)13(2)12-6/h4-5H,11H2,1-3H3. The Morgan fingerprint density at radius 1 is 1.43 bits per heavy atom. The van der Waals surface area contributed by atoms with E-state index < -0.39 is 0 Å². The maximum Gasteiger partial charge on any atom is 0.143 e. The van der Waals surface area contributed by atoms with E-state index in [9.17, 15) is 0 Å². The summed E-state index contributed by atoms with van der Waals surface area (Å²) >= 11 is 0. The molecule has 74 valence electrons. The molecule has 0 unspecified atom stereocenters. The summed E-state index contributed by atoms with van der Waals surface area (Å²) < 4.78 is 6.98. The summed E-state index contributed by atoms with van der Waals surface area (Å²) in [5.74, 6) is 0.695. The van der Waals surface area contributed by atoms with Gasteiger partial charge in [-0.3, -0.25) is 4.68 Å². The summed E-state index contributed by atoms with van der Waals surface area (Å²) in [7, 11) is 3.52.